The second-order valence-corrected chi connectivity index (χ2v) is 7.11. The summed E-state index contributed by atoms with van der Waals surface area (Å²) in [5.74, 6) is -0.922. The Hall–Kier alpha value is -3.48. The van der Waals surface area contributed by atoms with Gasteiger partial charge in [0.2, 0.25) is 5.91 Å². The molecule has 0 spiro atoms. The van der Waals surface area contributed by atoms with E-state index in [0.717, 1.165) is 11.3 Å². The van der Waals surface area contributed by atoms with Crippen LogP contribution in [0.25, 0.3) is 0 Å². The molecule has 1 fully saturated rings. The number of hydrogen-bond donors (Lipinski definition) is 2. The highest BCUT2D eigenvalue weighted by Gasteiger charge is 2.49. The number of Topliss-reactive ketones (excluding diaryl/α,β-unsaturated/α-hetero) is 1. The van der Waals surface area contributed by atoms with Gasteiger partial charge in [0.15, 0.2) is 5.78 Å². The van der Waals surface area contributed by atoms with Crippen molar-refractivity contribution in [1.82, 2.24) is 10.2 Å². The summed E-state index contributed by atoms with van der Waals surface area (Å²) in [6.07, 6.45) is 1.17. The van der Waals surface area contributed by atoms with Gasteiger partial charge in [0, 0.05) is 17.7 Å². The highest BCUT2D eigenvalue weighted by atomic mass is 16.2. The lowest BCUT2D eigenvalue weighted by Gasteiger charge is -2.22. The van der Waals surface area contributed by atoms with Crippen LogP contribution in [0.3, 0.4) is 0 Å². The average molecular weight is 393 g/mol. The summed E-state index contributed by atoms with van der Waals surface area (Å²) in [7, 11) is 0. The molecule has 0 saturated carbocycles. The molecule has 0 bridgehead atoms. The topological polar surface area (TPSA) is 95.6 Å². The van der Waals surface area contributed by atoms with Crippen molar-refractivity contribution in [1.29, 1.82) is 0 Å². The molecule has 2 aromatic carbocycles. The second kappa shape index (κ2) is 8.26. The highest BCUT2D eigenvalue weighted by molar-refractivity contribution is 6.11. The Balaban J connectivity index is 1.70. The maximum Gasteiger partial charge on any atom is 0.325 e. The third-order valence-corrected chi connectivity index (χ3v) is 4.90. The molecule has 2 N–H and O–H groups in total. The number of imide groups is 1. The third-order valence-electron chi connectivity index (χ3n) is 4.90. The van der Waals surface area contributed by atoms with Gasteiger partial charge in [-0.05, 0) is 43.2 Å². The van der Waals surface area contributed by atoms with E-state index in [1.54, 1.807) is 55.5 Å². The summed E-state index contributed by atoms with van der Waals surface area (Å²) < 4.78 is 0. The van der Waals surface area contributed by atoms with E-state index in [4.69, 9.17) is 0 Å². The van der Waals surface area contributed by atoms with E-state index in [1.165, 1.54) is 0 Å². The number of nitrogens with one attached hydrogen (secondary N) is 2. The van der Waals surface area contributed by atoms with Crippen LogP contribution in [0.15, 0.2) is 54.6 Å². The number of ketones is 1. The van der Waals surface area contributed by atoms with E-state index in [9.17, 15) is 19.2 Å². The van der Waals surface area contributed by atoms with E-state index in [0.29, 0.717) is 23.2 Å². The summed E-state index contributed by atoms with van der Waals surface area (Å²) in [5.41, 5.74) is 0.394. The van der Waals surface area contributed by atoms with Gasteiger partial charge >= 0.3 is 6.03 Å². The predicted molar refractivity (Wildman–Crippen MR) is 108 cm³/mol. The second-order valence-electron chi connectivity index (χ2n) is 7.11. The molecule has 1 saturated heterocycles. The van der Waals surface area contributed by atoms with Gasteiger partial charge in [-0.25, -0.2) is 4.79 Å². The summed E-state index contributed by atoms with van der Waals surface area (Å²) >= 11 is 0. The van der Waals surface area contributed by atoms with Crippen LogP contribution in [0.2, 0.25) is 0 Å². The summed E-state index contributed by atoms with van der Waals surface area (Å²) in [5, 5.41) is 5.43. The highest BCUT2D eigenvalue weighted by Crippen LogP contribution is 2.28. The van der Waals surface area contributed by atoms with Crippen molar-refractivity contribution in [3.8, 4) is 0 Å². The first kappa shape index (κ1) is 20.3. The molecule has 0 radical (unpaired) electrons. The lowest BCUT2D eigenvalue weighted by molar-refractivity contribution is -0.130. The SMILES string of the molecule is CCCC(=O)Nc1ccc(C(=O)CN2C(=O)NC(C)(c3ccccc3)C2=O)cc1. The maximum atomic E-state index is 12.9. The van der Waals surface area contributed by atoms with Gasteiger partial charge in [-0.15, -0.1) is 0 Å². The Morgan fingerprint density at radius 3 is 2.31 bits per heavy atom. The zero-order valence-electron chi connectivity index (χ0n) is 16.4. The molecule has 1 aliphatic rings. The standard InChI is InChI=1S/C22H23N3O4/c1-3-7-19(27)23-17-12-10-15(11-13-17)18(26)14-25-20(28)22(2,24-21(25)29)16-8-5-4-6-9-16/h4-6,8-13H,3,7,14H2,1-2H3,(H,23,27)(H,24,29). The van der Waals surface area contributed by atoms with Crippen molar-refractivity contribution in [2.45, 2.75) is 32.2 Å². The Kier molecular flexibility index (Phi) is 5.77. The monoisotopic (exact) mass is 393 g/mol. The normalized spacial score (nSPS) is 18.5. The largest absolute Gasteiger partial charge is 0.326 e. The van der Waals surface area contributed by atoms with Crippen LogP contribution in [0.1, 0.15) is 42.6 Å². The predicted octanol–water partition coefficient (Wildman–Crippen LogP) is 3.08. The van der Waals surface area contributed by atoms with Crippen LogP contribution < -0.4 is 10.6 Å². The number of benzene rings is 2. The molecule has 2 aromatic rings. The van der Waals surface area contributed by atoms with Crippen LogP contribution >= 0.6 is 0 Å². The van der Waals surface area contributed by atoms with Crippen molar-refractivity contribution in [2.24, 2.45) is 0 Å². The smallest absolute Gasteiger partial charge is 0.325 e. The Morgan fingerprint density at radius 2 is 1.69 bits per heavy atom. The number of hydrogen-bond acceptors (Lipinski definition) is 4. The number of carbonyl (C=O) groups excluding carboxylic acids is 4. The van der Waals surface area contributed by atoms with Crippen molar-refractivity contribution < 1.29 is 19.2 Å². The van der Waals surface area contributed by atoms with Crippen LogP contribution in [0, 0.1) is 0 Å². The minimum Gasteiger partial charge on any atom is -0.326 e. The minimum absolute atomic E-state index is 0.0916. The van der Waals surface area contributed by atoms with Crippen LogP contribution in [-0.2, 0) is 15.1 Å². The lowest BCUT2D eigenvalue weighted by Crippen LogP contribution is -2.41. The molecule has 1 atom stereocenters. The molecule has 0 aliphatic carbocycles. The molecule has 3 rings (SSSR count). The first-order valence-corrected chi connectivity index (χ1v) is 9.48. The maximum absolute atomic E-state index is 12.9. The van der Waals surface area contributed by atoms with Crippen molar-refractivity contribution in [3.05, 3.63) is 65.7 Å². The zero-order chi connectivity index (χ0) is 21.0. The van der Waals surface area contributed by atoms with Gasteiger partial charge in [-0.2, -0.15) is 0 Å². The number of urea groups is 1. The molecule has 1 aliphatic heterocycles. The van der Waals surface area contributed by atoms with E-state index < -0.39 is 17.5 Å². The van der Waals surface area contributed by atoms with Crippen molar-refractivity contribution in [3.63, 3.8) is 0 Å². The van der Waals surface area contributed by atoms with Crippen molar-refractivity contribution >= 4 is 29.3 Å². The number of anilines is 1. The van der Waals surface area contributed by atoms with Gasteiger partial charge in [-0.1, -0.05) is 37.3 Å². The fraction of sp³-hybridized carbons (Fsp3) is 0.273. The van der Waals surface area contributed by atoms with Crippen LogP contribution in [0.5, 0.6) is 0 Å². The Bertz CT molecular complexity index is 940. The van der Waals surface area contributed by atoms with Gasteiger partial charge in [0.25, 0.3) is 5.91 Å². The summed E-state index contributed by atoms with van der Waals surface area (Å²) in [6.45, 7) is 3.19. The molecular weight excluding hydrogens is 370 g/mol. The molecule has 0 aromatic heterocycles. The quantitative estimate of drug-likeness (QED) is 0.558. The van der Waals surface area contributed by atoms with Gasteiger partial charge in [-0.3, -0.25) is 19.3 Å². The minimum atomic E-state index is -1.20. The summed E-state index contributed by atoms with van der Waals surface area (Å²) in [6, 6.07) is 14.7. The number of rotatable bonds is 7. The van der Waals surface area contributed by atoms with Gasteiger partial charge < -0.3 is 10.6 Å². The van der Waals surface area contributed by atoms with Crippen LogP contribution in [0.4, 0.5) is 10.5 Å². The van der Waals surface area contributed by atoms with E-state index >= 15 is 0 Å². The van der Waals surface area contributed by atoms with Gasteiger partial charge in [0.05, 0.1) is 6.54 Å². The molecule has 1 unspecified atom stereocenters. The Labute approximate surface area is 169 Å². The Morgan fingerprint density at radius 1 is 1.03 bits per heavy atom. The van der Waals surface area contributed by atoms with E-state index in [2.05, 4.69) is 10.6 Å². The molecule has 7 heteroatoms. The first-order valence-electron chi connectivity index (χ1n) is 9.48. The van der Waals surface area contributed by atoms with Crippen LogP contribution in [-0.4, -0.2) is 35.1 Å². The lowest BCUT2D eigenvalue weighted by atomic mass is 9.92. The molecule has 29 heavy (non-hydrogen) atoms. The first-order chi connectivity index (χ1) is 13.8. The summed E-state index contributed by atoms with van der Waals surface area (Å²) in [4.78, 5) is 50.5. The fourth-order valence-electron chi connectivity index (χ4n) is 3.23. The van der Waals surface area contributed by atoms with E-state index in [-0.39, 0.29) is 18.2 Å². The number of nitrogens with zero attached hydrogens (tertiary/aromatic N) is 1. The zero-order valence-corrected chi connectivity index (χ0v) is 16.4. The molecule has 1 heterocycles. The molecule has 4 amide bonds. The fourth-order valence-corrected chi connectivity index (χ4v) is 3.23. The third kappa shape index (κ3) is 4.18. The molecular formula is C22H23N3O4. The average Bonchev–Trinajstić information content (AvgIpc) is 2.93. The molecule has 7 nitrogen and oxygen atoms in total. The van der Waals surface area contributed by atoms with Gasteiger partial charge in [0.1, 0.15) is 5.54 Å². The number of carbonyl (C=O) groups is 4. The van der Waals surface area contributed by atoms with Crippen molar-refractivity contribution in [2.75, 3.05) is 11.9 Å². The molecule has 150 valence electrons. The van der Waals surface area contributed by atoms with E-state index in [1.807, 2.05) is 13.0 Å². The number of amides is 4.